The molecule has 30 heavy (non-hydrogen) atoms. The van der Waals surface area contributed by atoms with Crippen LogP contribution in [0.5, 0.6) is 0 Å². The van der Waals surface area contributed by atoms with Gasteiger partial charge in [0, 0.05) is 16.6 Å². The van der Waals surface area contributed by atoms with Crippen LogP contribution in [0.4, 0.5) is 5.69 Å². The zero-order valence-electron chi connectivity index (χ0n) is 16.8. The molecule has 3 heterocycles. The SMILES string of the molecule is CCc1ccc(N2C(=O)[C@@H]3[C@H](C2=O)[C@@H](C(=O)c2ccc(Cl)cc2)N2CCC[C@H]32)cc1. The third kappa shape index (κ3) is 2.83. The zero-order chi connectivity index (χ0) is 21.0. The highest BCUT2D eigenvalue weighted by atomic mass is 35.5. The highest BCUT2D eigenvalue weighted by molar-refractivity contribution is 6.30. The van der Waals surface area contributed by atoms with E-state index in [9.17, 15) is 14.4 Å². The largest absolute Gasteiger partial charge is 0.292 e. The van der Waals surface area contributed by atoms with Gasteiger partial charge in [-0.1, -0.05) is 30.7 Å². The predicted molar refractivity (Wildman–Crippen MR) is 115 cm³/mol. The summed E-state index contributed by atoms with van der Waals surface area (Å²) in [6.07, 6.45) is 2.67. The van der Waals surface area contributed by atoms with Crippen LogP contribution in [-0.4, -0.2) is 41.1 Å². The Bertz CT molecular complexity index is 1020. The minimum Gasteiger partial charge on any atom is -0.292 e. The van der Waals surface area contributed by atoms with Gasteiger partial charge in [0.2, 0.25) is 11.8 Å². The number of imide groups is 1. The average Bonchev–Trinajstić information content (AvgIpc) is 3.40. The predicted octanol–water partition coefficient (Wildman–Crippen LogP) is 3.74. The summed E-state index contributed by atoms with van der Waals surface area (Å²) < 4.78 is 0. The summed E-state index contributed by atoms with van der Waals surface area (Å²) in [6.45, 7) is 2.81. The van der Waals surface area contributed by atoms with Gasteiger partial charge in [0.05, 0.1) is 23.6 Å². The standard InChI is InChI=1S/C24H23ClN2O3/c1-2-14-5-11-17(12-6-14)27-23(29)19-18-4-3-13-26(18)21(20(19)24(27)30)22(28)15-7-9-16(25)10-8-15/h5-12,18-21H,2-4,13H2,1H3/t18-,19+,20+,21+/m1/s1. The second kappa shape index (κ2) is 7.33. The number of rotatable bonds is 4. The van der Waals surface area contributed by atoms with E-state index in [1.54, 1.807) is 24.3 Å². The average molecular weight is 423 g/mol. The van der Waals surface area contributed by atoms with Crippen LogP contribution >= 0.6 is 11.6 Å². The molecule has 3 aliphatic rings. The fraction of sp³-hybridized carbons (Fsp3) is 0.375. The number of hydrogen-bond donors (Lipinski definition) is 0. The van der Waals surface area contributed by atoms with Gasteiger partial charge in [0.15, 0.2) is 5.78 Å². The Hall–Kier alpha value is -2.50. The number of fused-ring (bicyclic) bond motifs is 3. The summed E-state index contributed by atoms with van der Waals surface area (Å²) in [7, 11) is 0. The molecule has 0 aromatic heterocycles. The maximum Gasteiger partial charge on any atom is 0.239 e. The Kier molecular flexibility index (Phi) is 4.75. The molecule has 4 atom stereocenters. The molecule has 0 unspecified atom stereocenters. The maximum absolute atomic E-state index is 13.5. The van der Waals surface area contributed by atoms with Crippen molar-refractivity contribution in [3.05, 3.63) is 64.7 Å². The molecule has 2 aromatic rings. The van der Waals surface area contributed by atoms with Crippen LogP contribution in [0.2, 0.25) is 5.02 Å². The van der Waals surface area contributed by atoms with E-state index in [1.165, 1.54) is 4.90 Å². The zero-order valence-corrected chi connectivity index (χ0v) is 17.5. The van der Waals surface area contributed by atoms with Crippen molar-refractivity contribution in [1.82, 2.24) is 4.90 Å². The van der Waals surface area contributed by atoms with E-state index in [-0.39, 0.29) is 23.6 Å². The van der Waals surface area contributed by atoms with E-state index in [0.29, 0.717) is 16.3 Å². The van der Waals surface area contributed by atoms with Gasteiger partial charge in [0.1, 0.15) is 0 Å². The molecule has 2 aromatic carbocycles. The van der Waals surface area contributed by atoms with Crippen LogP contribution in [0, 0.1) is 11.8 Å². The lowest BCUT2D eigenvalue weighted by Gasteiger charge is -2.27. The molecule has 2 amide bonds. The number of aryl methyl sites for hydroxylation is 1. The normalized spacial score (nSPS) is 28.1. The molecule has 0 N–H and O–H groups in total. The number of carbonyl (C=O) groups excluding carboxylic acids is 3. The summed E-state index contributed by atoms with van der Waals surface area (Å²) in [5.74, 6) is -1.60. The number of nitrogens with zero attached hydrogens (tertiary/aromatic N) is 2. The van der Waals surface area contributed by atoms with Crippen LogP contribution in [-0.2, 0) is 16.0 Å². The van der Waals surface area contributed by atoms with Crippen LogP contribution in [0.15, 0.2) is 48.5 Å². The minimum atomic E-state index is -0.628. The van der Waals surface area contributed by atoms with Crippen LogP contribution in [0.25, 0.3) is 0 Å². The Morgan fingerprint density at radius 3 is 2.33 bits per heavy atom. The minimum absolute atomic E-state index is 0.0485. The number of halogens is 1. The van der Waals surface area contributed by atoms with E-state index in [4.69, 9.17) is 11.6 Å². The molecule has 154 valence electrons. The molecule has 3 saturated heterocycles. The van der Waals surface area contributed by atoms with Crippen molar-refractivity contribution < 1.29 is 14.4 Å². The van der Waals surface area contributed by atoms with Crippen molar-refractivity contribution >= 4 is 34.9 Å². The lowest BCUT2D eigenvalue weighted by atomic mass is 9.85. The molecular weight excluding hydrogens is 400 g/mol. The smallest absolute Gasteiger partial charge is 0.239 e. The Morgan fingerprint density at radius 1 is 1.00 bits per heavy atom. The third-order valence-electron chi connectivity index (χ3n) is 6.85. The van der Waals surface area contributed by atoms with E-state index in [1.807, 2.05) is 24.3 Å². The number of amides is 2. The molecule has 0 spiro atoms. The monoisotopic (exact) mass is 422 g/mol. The molecule has 3 aliphatic heterocycles. The van der Waals surface area contributed by atoms with E-state index in [0.717, 1.165) is 31.4 Å². The quantitative estimate of drug-likeness (QED) is 0.556. The first-order chi connectivity index (χ1) is 14.5. The van der Waals surface area contributed by atoms with Crippen LogP contribution in [0.1, 0.15) is 35.7 Å². The van der Waals surface area contributed by atoms with Crippen molar-refractivity contribution in [2.24, 2.45) is 11.8 Å². The first-order valence-corrected chi connectivity index (χ1v) is 10.9. The number of hydrogen-bond acceptors (Lipinski definition) is 4. The van der Waals surface area contributed by atoms with Crippen molar-refractivity contribution in [3.8, 4) is 0 Å². The van der Waals surface area contributed by atoms with Crippen molar-refractivity contribution in [3.63, 3.8) is 0 Å². The van der Waals surface area contributed by atoms with Gasteiger partial charge in [0.25, 0.3) is 0 Å². The van der Waals surface area contributed by atoms with Gasteiger partial charge in [-0.15, -0.1) is 0 Å². The van der Waals surface area contributed by atoms with Gasteiger partial charge in [-0.25, -0.2) is 4.90 Å². The van der Waals surface area contributed by atoms with E-state index >= 15 is 0 Å². The van der Waals surface area contributed by atoms with Crippen LogP contribution in [0.3, 0.4) is 0 Å². The van der Waals surface area contributed by atoms with E-state index < -0.39 is 17.9 Å². The lowest BCUT2D eigenvalue weighted by molar-refractivity contribution is -0.123. The fourth-order valence-electron chi connectivity index (χ4n) is 5.44. The van der Waals surface area contributed by atoms with Gasteiger partial charge in [-0.2, -0.15) is 0 Å². The molecule has 6 heteroatoms. The highest BCUT2D eigenvalue weighted by Gasteiger charge is 2.64. The first-order valence-electron chi connectivity index (χ1n) is 10.5. The first kappa shape index (κ1) is 19.5. The van der Waals surface area contributed by atoms with E-state index in [2.05, 4.69) is 11.8 Å². The molecule has 0 aliphatic carbocycles. The summed E-state index contributed by atoms with van der Waals surface area (Å²) in [5, 5.41) is 0.559. The summed E-state index contributed by atoms with van der Waals surface area (Å²) in [6, 6.07) is 13.7. The van der Waals surface area contributed by atoms with Gasteiger partial charge >= 0.3 is 0 Å². The second-order valence-electron chi connectivity index (χ2n) is 8.35. The number of benzene rings is 2. The Balaban J connectivity index is 1.52. The van der Waals surface area contributed by atoms with Gasteiger partial charge in [-0.05, 0) is 67.8 Å². The third-order valence-corrected chi connectivity index (χ3v) is 7.10. The number of Topliss-reactive ketones (excluding diaryl/α,β-unsaturated/α-hetero) is 1. The topological polar surface area (TPSA) is 57.7 Å². The van der Waals surface area contributed by atoms with Crippen LogP contribution < -0.4 is 4.90 Å². The van der Waals surface area contributed by atoms with Gasteiger partial charge < -0.3 is 0 Å². The highest BCUT2D eigenvalue weighted by Crippen LogP contribution is 2.48. The molecular formula is C24H23ClN2O3. The number of anilines is 1. The number of carbonyl (C=O) groups is 3. The Labute approximate surface area is 180 Å². The molecule has 0 saturated carbocycles. The summed E-state index contributed by atoms with van der Waals surface area (Å²) in [4.78, 5) is 43.7. The molecule has 5 nitrogen and oxygen atoms in total. The van der Waals surface area contributed by atoms with Gasteiger partial charge in [-0.3, -0.25) is 19.3 Å². The molecule has 0 radical (unpaired) electrons. The van der Waals surface area contributed by atoms with Crippen molar-refractivity contribution in [2.75, 3.05) is 11.4 Å². The van der Waals surface area contributed by atoms with Crippen molar-refractivity contribution in [1.29, 1.82) is 0 Å². The molecule has 0 bridgehead atoms. The Morgan fingerprint density at radius 2 is 1.67 bits per heavy atom. The summed E-state index contributed by atoms with van der Waals surface area (Å²) >= 11 is 5.98. The molecule has 3 fully saturated rings. The maximum atomic E-state index is 13.5. The lowest BCUT2D eigenvalue weighted by Crippen LogP contribution is -2.46. The molecule has 5 rings (SSSR count). The summed E-state index contributed by atoms with van der Waals surface area (Å²) in [5.41, 5.74) is 2.27. The fourth-order valence-corrected chi connectivity index (χ4v) is 5.56. The number of ketones is 1. The second-order valence-corrected chi connectivity index (χ2v) is 8.78. The van der Waals surface area contributed by atoms with Crippen molar-refractivity contribution in [2.45, 2.75) is 38.3 Å².